The van der Waals surface area contributed by atoms with Crippen LogP contribution in [0.5, 0.6) is 0 Å². The average molecular weight is 279 g/mol. The van der Waals surface area contributed by atoms with Gasteiger partial charge in [-0.05, 0) is 25.5 Å². The molecule has 5 heteroatoms. The average Bonchev–Trinajstić information content (AvgIpc) is 2.43. The molecule has 0 spiro atoms. The lowest BCUT2D eigenvalue weighted by Crippen LogP contribution is -2.16. The molecule has 0 fully saturated rings. The van der Waals surface area contributed by atoms with Crippen LogP contribution in [0.25, 0.3) is 0 Å². The molecule has 0 heterocycles. The normalized spacial score (nSPS) is 11.9. The Balaban J connectivity index is 2.64. The summed E-state index contributed by atoms with van der Waals surface area (Å²) in [6, 6.07) is 5.42. The summed E-state index contributed by atoms with van der Waals surface area (Å²) in [4.78, 5) is 10.8. The van der Waals surface area contributed by atoms with E-state index in [1.54, 1.807) is 19.2 Å². The maximum Gasteiger partial charge on any atom is 0.294 e. The molecule has 5 nitrogen and oxygen atoms in total. The van der Waals surface area contributed by atoms with Crippen LogP contribution in [0.1, 0.15) is 46.0 Å². The number of unbranched alkanes of at least 4 members (excludes halogenated alkanes) is 3. The summed E-state index contributed by atoms with van der Waals surface area (Å²) < 4.78 is 0. The summed E-state index contributed by atoms with van der Waals surface area (Å²) in [5.74, 6) is 0. The van der Waals surface area contributed by atoms with Gasteiger partial charge in [0.15, 0.2) is 0 Å². The predicted octanol–water partition coefficient (Wildman–Crippen LogP) is 4.41. The van der Waals surface area contributed by atoms with Crippen LogP contribution in [-0.2, 0) is 0 Å². The van der Waals surface area contributed by atoms with E-state index < -0.39 is 0 Å². The van der Waals surface area contributed by atoms with Crippen LogP contribution in [0.2, 0.25) is 0 Å². The molecule has 0 radical (unpaired) electrons. The summed E-state index contributed by atoms with van der Waals surface area (Å²) in [7, 11) is 1.75. The SMILES string of the molecule is CCCCCCC(C)Nc1ccc(NC)cc1[N+](=O)[O-]. The van der Waals surface area contributed by atoms with Gasteiger partial charge >= 0.3 is 0 Å². The van der Waals surface area contributed by atoms with Gasteiger partial charge in [0.2, 0.25) is 0 Å². The molecule has 0 aromatic heterocycles. The van der Waals surface area contributed by atoms with Crippen molar-refractivity contribution in [1.82, 2.24) is 0 Å². The van der Waals surface area contributed by atoms with Crippen LogP contribution in [0.3, 0.4) is 0 Å². The smallest absolute Gasteiger partial charge is 0.294 e. The Morgan fingerprint density at radius 1 is 1.30 bits per heavy atom. The van der Waals surface area contributed by atoms with Gasteiger partial charge in [0.1, 0.15) is 5.69 Å². The van der Waals surface area contributed by atoms with Crippen molar-refractivity contribution >= 4 is 17.1 Å². The van der Waals surface area contributed by atoms with Crippen molar-refractivity contribution in [3.8, 4) is 0 Å². The van der Waals surface area contributed by atoms with E-state index in [0.717, 1.165) is 18.5 Å². The van der Waals surface area contributed by atoms with Crippen molar-refractivity contribution in [2.75, 3.05) is 17.7 Å². The first-order chi connectivity index (χ1) is 9.58. The molecular formula is C15H25N3O2. The Hall–Kier alpha value is -1.78. The van der Waals surface area contributed by atoms with Gasteiger partial charge in [0, 0.05) is 24.8 Å². The number of hydrogen-bond acceptors (Lipinski definition) is 4. The predicted molar refractivity (Wildman–Crippen MR) is 84.5 cm³/mol. The summed E-state index contributed by atoms with van der Waals surface area (Å²) in [5.41, 5.74) is 1.46. The van der Waals surface area contributed by atoms with E-state index >= 15 is 0 Å². The van der Waals surface area contributed by atoms with Crippen molar-refractivity contribution in [3.05, 3.63) is 28.3 Å². The molecule has 1 atom stereocenters. The minimum Gasteiger partial charge on any atom is -0.388 e. The zero-order chi connectivity index (χ0) is 15.0. The Kier molecular flexibility index (Phi) is 6.84. The lowest BCUT2D eigenvalue weighted by Gasteiger charge is -2.15. The van der Waals surface area contributed by atoms with Gasteiger partial charge in [0.05, 0.1) is 4.92 Å². The molecule has 0 saturated heterocycles. The number of nitrogens with zero attached hydrogens (tertiary/aromatic N) is 1. The van der Waals surface area contributed by atoms with Gasteiger partial charge in [-0.2, -0.15) is 0 Å². The zero-order valence-corrected chi connectivity index (χ0v) is 12.6. The highest BCUT2D eigenvalue weighted by molar-refractivity contribution is 5.68. The van der Waals surface area contributed by atoms with Gasteiger partial charge in [-0.25, -0.2) is 0 Å². The highest BCUT2D eigenvalue weighted by Gasteiger charge is 2.15. The quantitative estimate of drug-likeness (QED) is 0.399. The summed E-state index contributed by atoms with van der Waals surface area (Å²) in [6.07, 6.45) is 5.89. The molecule has 1 aromatic carbocycles. The lowest BCUT2D eigenvalue weighted by atomic mass is 10.1. The summed E-state index contributed by atoms with van der Waals surface area (Å²) in [5, 5.41) is 17.3. The largest absolute Gasteiger partial charge is 0.388 e. The highest BCUT2D eigenvalue weighted by atomic mass is 16.6. The molecule has 0 aliphatic heterocycles. The van der Waals surface area contributed by atoms with Crippen molar-refractivity contribution in [2.24, 2.45) is 0 Å². The second kappa shape index (κ2) is 8.40. The first kappa shape index (κ1) is 16.3. The fourth-order valence-electron chi connectivity index (χ4n) is 2.18. The number of nitro benzene ring substituents is 1. The molecule has 0 amide bonds. The number of nitro groups is 1. The topological polar surface area (TPSA) is 67.2 Å². The molecule has 0 aliphatic carbocycles. The van der Waals surface area contributed by atoms with Gasteiger partial charge < -0.3 is 10.6 Å². The molecule has 1 aromatic rings. The number of hydrogen-bond donors (Lipinski definition) is 2. The van der Waals surface area contributed by atoms with Crippen LogP contribution >= 0.6 is 0 Å². The first-order valence-corrected chi connectivity index (χ1v) is 7.31. The van der Waals surface area contributed by atoms with Gasteiger partial charge in [-0.1, -0.05) is 32.6 Å². The Morgan fingerprint density at radius 3 is 2.65 bits per heavy atom. The van der Waals surface area contributed by atoms with Crippen LogP contribution in [-0.4, -0.2) is 18.0 Å². The molecule has 0 aliphatic rings. The van der Waals surface area contributed by atoms with E-state index in [2.05, 4.69) is 24.5 Å². The van der Waals surface area contributed by atoms with Crippen LogP contribution in [0.4, 0.5) is 17.1 Å². The van der Waals surface area contributed by atoms with Gasteiger partial charge in [-0.15, -0.1) is 0 Å². The molecular weight excluding hydrogens is 254 g/mol. The maximum absolute atomic E-state index is 11.1. The van der Waals surface area contributed by atoms with Gasteiger partial charge in [0.25, 0.3) is 5.69 Å². The molecule has 20 heavy (non-hydrogen) atoms. The van der Waals surface area contributed by atoms with E-state index in [1.807, 2.05) is 6.07 Å². The Labute approximate surface area is 120 Å². The molecule has 2 N–H and O–H groups in total. The van der Waals surface area contributed by atoms with E-state index in [4.69, 9.17) is 0 Å². The molecule has 1 unspecified atom stereocenters. The highest BCUT2D eigenvalue weighted by Crippen LogP contribution is 2.28. The second-order valence-electron chi connectivity index (χ2n) is 5.13. The maximum atomic E-state index is 11.1. The number of nitrogens with one attached hydrogen (secondary N) is 2. The van der Waals surface area contributed by atoms with Crippen molar-refractivity contribution in [2.45, 2.75) is 52.0 Å². The fraction of sp³-hybridized carbons (Fsp3) is 0.600. The van der Waals surface area contributed by atoms with Crippen LogP contribution < -0.4 is 10.6 Å². The monoisotopic (exact) mass is 279 g/mol. The van der Waals surface area contributed by atoms with E-state index in [9.17, 15) is 10.1 Å². The molecule has 112 valence electrons. The third-order valence-electron chi connectivity index (χ3n) is 3.38. The van der Waals surface area contributed by atoms with Crippen molar-refractivity contribution in [1.29, 1.82) is 0 Å². The zero-order valence-electron chi connectivity index (χ0n) is 12.6. The third kappa shape index (κ3) is 5.07. The lowest BCUT2D eigenvalue weighted by molar-refractivity contribution is -0.383. The number of benzene rings is 1. The van der Waals surface area contributed by atoms with Crippen LogP contribution in [0.15, 0.2) is 18.2 Å². The van der Waals surface area contributed by atoms with E-state index in [1.165, 1.54) is 19.3 Å². The minimum atomic E-state index is -0.340. The molecule has 0 bridgehead atoms. The Bertz CT molecular complexity index is 435. The fourth-order valence-corrected chi connectivity index (χ4v) is 2.18. The third-order valence-corrected chi connectivity index (χ3v) is 3.38. The van der Waals surface area contributed by atoms with Crippen molar-refractivity contribution < 1.29 is 4.92 Å². The standard InChI is InChI=1S/C15H25N3O2/c1-4-5-6-7-8-12(2)17-14-10-9-13(16-3)11-15(14)18(19)20/h9-12,16-17H,4-8H2,1-3H3. The summed E-state index contributed by atoms with van der Waals surface area (Å²) >= 11 is 0. The number of rotatable bonds is 9. The number of anilines is 2. The van der Waals surface area contributed by atoms with Gasteiger partial charge in [-0.3, -0.25) is 10.1 Å². The minimum absolute atomic E-state index is 0.122. The van der Waals surface area contributed by atoms with Crippen LogP contribution in [0, 0.1) is 10.1 Å². The summed E-state index contributed by atoms with van der Waals surface area (Å²) in [6.45, 7) is 4.26. The molecule has 0 saturated carbocycles. The molecule has 1 rings (SSSR count). The van der Waals surface area contributed by atoms with Crippen molar-refractivity contribution in [3.63, 3.8) is 0 Å². The Morgan fingerprint density at radius 2 is 2.05 bits per heavy atom. The second-order valence-corrected chi connectivity index (χ2v) is 5.13. The van der Waals surface area contributed by atoms with E-state index in [-0.39, 0.29) is 16.7 Å². The van der Waals surface area contributed by atoms with E-state index in [0.29, 0.717) is 5.69 Å². The first-order valence-electron chi connectivity index (χ1n) is 7.31.